The van der Waals surface area contributed by atoms with E-state index in [2.05, 4.69) is 10.5 Å². The molecule has 0 spiro atoms. The summed E-state index contributed by atoms with van der Waals surface area (Å²) in [6, 6.07) is 5.65. The lowest BCUT2D eigenvalue weighted by Crippen LogP contribution is -1.87. The highest BCUT2D eigenvalue weighted by Gasteiger charge is 2.03. The Hall–Kier alpha value is -1.71. The number of nitrogens with one attached hydrogen (secondary N) is 1. The zero-order valence-corrected chi connectivity index (χ0v) is 6.66. The van der Waals surface area contributed by atoms with Crippen LogP contribution in [0.5, 0.6) is 0 Å². The Bertz CT molecular complexity index is 408. The van der Waals surface area contributed by atoms with Gasteiger partial charge in [0.05, 0.1) is 5.39 Å². The van der Waals surface area contributed by atoms with Crippen LogP contribution in [-0.4, -0.2) is 12.2 Å². The lowest BCUT2D eigenvalue weighted by Gasteiger charge is -1.97. The first-order valence-electron chi connectivity index (χ1n) is 3.64. The highest BCUT2D eigenvalue weighted by molar-refractivity contribution is 5.89. The summed E-state index contributed by atoms with van der Waals surface area (Å²) in [5.74, 6) is 0.433. The molecule has 0 aliphatic rings. The summed E-state index contributed by atoms with van der Waals surface area (Å²) < 4.78 is 4.95. The van der Waals surface area contributed by atoms with Gasteiger partial charge in [0.2, 0.25) is 0 Å². The molecule has 2 aromatic rings. The van der Waals surface area contributed by atoms with Gasteiger partial charge in [0.15, 0.2) is 11.4 Å². The van der Waals surface area contributed by atoms with Crippen LogP contribution < -0.4 is 11.1 Å². The Labute approximate surface area is 69.3 Å². The molecule has 0 radical (unpaired) electrons. The van der Waals surface area contributed by atoms with Crippen molar-refractivity contribution in [2.75, 3.05) is 18.1 Å². The van der Waals surface area contributed by atoms with Crippen molar-refractivity contribution in [3.05, 3.63) is 18.2 Å². The smallest absolute Gasteiger partial charge is 0.174 e. The molecule has 0 saturated carbocycles. The largest absolute Gasteiger partial charge is 0.388 e. The van der Waals surface area contributed by atoms with Gasteiger partial charge in [-0.15, -0.1) is 0 Å². The van der Waals surface area contributed by atoms with Crippen LogP contribution in [0.25, 0.3) is 11.0 Å². The second-order valence-corrected chi connectivity index (χ2v) is 2.53. The van der Waals surface area contributed by atoms with E-state index in [1.165, 1.54) is 0 Å². The molecular formula is C8H9N3O. The van der Waals surface area contributed by atoms with Crippen LogP contribution in [0.15, 0.2) is 22.7 Å². The van der Waals surface area contributed by atoms with Crippen LogP contribution >= 0.6 is 0 Å². The molecule has 0 saturated heterocycles. The van der Waals surface area contributed by atoms with Gasteiger partial charge in [0.25, 0.3) is 0 Å². The van der Waals surface area contributed by atoms with E-state index in [9.17, 15) is 0 Å². The van der Waals surface area contributed by atoms with Crippen LogP contribution in [0.3, 0.4) is 0 Å². The fraction of sp³-hybridized carbons (Fsp3) is 0.125. The number of aromatic nitrogens is 1. The number of nitrogens with two attached hydrogens (primary N) is 1. The molecule has 0 amide bonds. The number of anilines is 2. The van der Waals surface area contributed by atoms with Crippen molar-refractivity contribution in [3.8, 4) is 0 Å². The predicted molar refractivity (Wildman–Crippen MR) is 48.0 cm³/mol. The molecule has 0 bridgehead atoms. The van der Waals surface area contributed by atoms with Crippen LogP contribution in [0.2, 0.25) is 0 Å². The molecule has 0 unspecified atom stereocenters. The van der Waals surface area contributed by atoms with Gasteiger partial charge < -0.3 is 15.6 Å². The zero-order chi connectivity index (χ0) is 8.55. The van der Waals surface area contributed by atoms with Crippen molar-refractivity contribution in [2.45, 2.75) is 0 Å². The molecule has 0 fully saturated rings. The van der Waals surface area contributed by atoms with Crippen LogP contribution in [0.1, 0.15) is 0 Å². The first-order chi connectivity index (χ1) is 5.81. The monoisotopic (exact) mass is 163 g/mol. The normalized spacial score (nSPS) is 10.4. The fourth-order valence-corrected chi connectivity index (χ4v) is 1.11. The Morgan fingerprint density at radius 3 is 3.08 bits per heavy atom. The third-order valence-electron chi connectivity index (χ3n) is 1.79. The third-order valence-corrected chi connectivity index (χ3v) is 1.79. The van der Waals surface area contributed by atoms with Gasteiger partial charge in [-0.05, 0) is 18.2 Å². The molecule has 4 heteroatoms. The van der Waals surface area contributed by atoms with Gasteiger partial charge in [0.1, 0.15) is 0 Å². The number of fused-ring (bicyclic) bond motifs is 1. The Kier molecular flexibility index (Phi) is 1.40. The minimum Gasteiger partial charge on any atom is -0.388 e. The molecule has 2 rings (SSSR count). The summed E-state index contributed by atoms with van der Waals surface area (Å²) in [4.78, 5) is 0. The summed E-state index contributed by atoms with van der Waals surface area (Å²) in [5.41, 5.74) is 7.28. The average Bonchev–Trinajstić information content (AvgIpc) is 2.47. The standard InChI is InChI=1S/C8H9N3O/c1-10-5-2-3-7-6(4-5)8(9)11-12-7/h2-4,10H,1H3,(H2,9,11). The van der Waals surface area contributed by atoms with E-state index in [1.807, 2.05) is 25.2 Å². The van der Waals surface area contributed by atoms with Gasteiger partial charge in [-0.2, -0.15) is 0 Å². The van der Waals surface area contributed by atoms with E-state index in [4.69, 9.17) is 10.3 Å². The topological polar surface area (TPSA) is 64.1 Å². The van der Waals surface area contributed by atoms with E-state index in [0.29, 0.717) is 11.4 Å². The predicted octanol–water partition coefficient (Wildman–Crippen LogP) is 1.45. The maximum atomic E-state index is 5.57. The van der Waals surface area contributed by atoms with Crippen molar-refractivity contribution in [3.63, 3.8) is 0 Å². The highest BCUT2D eigenvalue weighted by atomic mass is 16.5. The van der Waals surface area contributed by atoms with Crippen molar-refractivity contribution in [1.82, 2.24) is 5.16 Å². The number of rotatable bonds is 1. The molecule has 3 N–H and O–H groups in total. The molecule has 0 atom stereocenters. The van der Waals surface area contributed by atoms with E-state index in [-0.39, 0.29) is 0 Å². The first kappa shape index (κ1) is 6.97. The number of benzene rings is 1. The number of hydrogen-bond donors (Lipinski definition) is 2. The SMILES string of the molecule is CNc1ccc2onc(N)c2c1. The van der Waals surface area contributed by atoms with Gasteiger partial charge in [-0.1, -0.05) is 5.16 Å². The molecule has 12 heavy (non-hydrogen) atoms. The van der Waals surface area contributed by atoms with Crippen LogP contribution in [0.4, 0.5) is 11.5 Å². The number of nitrogens with zero attached hydrogens (tertiary/aromatic N) is 1. The average molecular weight is 163 g/mol. The molecule has 0 aliphatic carbocycles. The summed E-state index contributed by atoms with van der Waals surface area (Å²) in [5, 5.41) is 7.51. The van der Waals surface area contributed by atoms with Gasteiger partial charge in [0, 0.05) is 12.7 Å². The molecular weight excluding hydrogens is 154 g/mol. The third kappa shape index (κ3) is 0.887. The maximum absolute atomic E-state index is 5.57. The summed E-state index contributed by atoms with van der Waals surface area (Å²) in [6.45, 7) is 0. The molecule has 4 nitrogen and oxygen atoms in total. The minimum atomic E-state index is 0.433. The van der Waals surface area contributed by atoms with Gasteiger partial charge in [-0.3, -0.25) is 0 Å². The van der Waals surface area contributed by atoms with E-state index in [1.54, 1.807) is 0 Å². The van der Waals surface area contributed by atoms with E-state index < -0.39 is 0 Å². The number of nitrogen functional groups attached to an aromatic ring is 1. The lowest BCUT2D eigenvalue weighted by atomic mass is 10.2. The molecule has 62 valence electrons. The second-order valence-electron chi connectivity index (χ2n) is 2.53. The number of hydrogen-bond acceptors (Lipinski definition) is 4. The van der Waals surface area contributed by atoms with E-state index >= 15 is 0 Å². The molecule has 1 aromatic carbocycles. The van der Waals surface area contributed by atoms with Gasteiger partial charge in [-0.25, -0.2) is 0 Å². The second kappa shape index (κ2) is 2.41. The summed E-state index contributed by atoms with van der Waals surface area (Å²) >= 11 is 0. The first-order valence-corrected chi connectivity index (χ1v) is 3.64. The van der Waals surface area contributed by atoms with Crippen LogP contribution in [0, 0.1) is 0 Å². The Morgan fingerprint density at radius 2 is 2.33 bits per heavy atom. The highest BCUT2D eigenvalue weighted by Crippen LogP contribution is 2.23. The quantitative estimate of drug-likeness (QED) is 0.667. The van der Waals surface area contributed by atoms with Crippen molar-refractivity contribution in [1.29, 1.82) is 0 Å². The zero-order valence-electron chi connectivity index (χ0n) is 6.66. The molecule has 1 aromatic heterocycles. The summed E-state index contributed by atoms with van der Waals surface area (Å²) in [7, 11) is 1.85. The molecule has 0 aliphatic heterocycles. The van der Waals surface area contributed by atoms with Crippen molar-refractivity contribution >= 4 is 22.5 Å². The maximum Gasteiger partial charge on any atom is 0.174 e. The van der Waals surface area contributed by atoms with Crippen molar-refractivity contribution < 1.29 is 4.52 Å². The lowest BCUT2D eigenvalue weighted by molar-refractivity contribution is 0.460. The molecule has 1 heterocycles. The summed E-state index contributed by atoms with van der Waals surface area (Å²) in [6.07, 6.45) is 0. The van der Waals surface area contributed by atoms with E-state index in [0.717, 1.165) is 11.1 Å². The van der Waals surface area contributed by atoms with Crippen LogP contribution in [-0.2, 0) is 0 Å². The van der Waals surface area contributed by atoms with Crippen molar-refractivity contribution in [2.24, 2.45) is 0 Å². The Balaban J connectivity index is 2.71. The van der Waals surface area contributed by atoms with Gasteiger partial charge >= 0.3 is 0 Å². The Morgan fingerprint density at radius 1 is 1.50 bits per heavy atom. The fourth-order valence-electron chi connectivity index (χ4n) is 1.11. The minimum absolute atomic E-state index is 0.433.